The summed E-state index contributed by atoms with van der Waals surface area (Å²) in [6.45, 7) is 1.57. The van der Waals surface area contributed by atoms with Crippen LogP contribution in [0.1, 0.15) is 12.5 Å². The lowest BCUT2D eigenvalue weighted by atomic mass is 10.1. The summed E-state index contributed by atoms with van der Waals surface area (Å²) in [5.74, 6) is -2.59. The first-order valence-electron chi connectivity index (χ1n) is 5.69. The number of halogens is 4. The number of ether oxygens (including phenoxy) is 2. The number of carbonyl (C=O) groups excluding carboxylic acids is 1. The second-order valence-electron chi connectivity index (χ2n) is 3.67. The molecule has 1 rings (SSSR count). The van der Waals surface area contributed by atoms with Crippen molar-refractivity contribution in [3.8, 4) is 5.75 Å². The molecule has 3 nitrogen and oxygen atoms in total. The van der Waals surface area contributed by atoms with Gasteiger partial charge in [0.15, 0.2) is 0 Å². The molecule has 0 unspecified atom stereocenters. The van der Waals surface area contributed by atoms with Gasteiger partial charge in [-0.25, -0.2) is 4.79 Å². The van der Waals surface area contributed by atoms with Crippen LogP contribution in [0.3, 0.4) is 0 Å². The van der Waals surface area contributed by atoms with Crippen LogP contribution >= 0.6 is 0 Å². The minimum atomic E-state index is -4.79. The van der Waals surface area contributed by atoms with Crippen LogP contribution in [0.5, 0.6) is 5.75 Å². The van der Waals surface area contributed by atoms with Crippen LogP contribution in [0.4, 0.5) is 17.6 Å². The average Bonchev–Trinajstić information content (AvgIpc) is 2.34. The quantitative estimate of drug-likeness (QED) is 0.473. The average molecular weight is 292 g/mol. The summed E-state index contributed by atoms with van der Waals surface area (Å²) in [4.78, 5) is 11.0. The fraction of sp³-hybridized carbons (Fsp3) is 0.308. The van der Waals surface area contributed by atoms with E-state index in [9.17, 15) is 22.4 Å². The van der Waals surface area contributed by atoms with Crippen molar-refractivity contribution < 1.29 is 31.8 Å². The molecule has 0 bridgehead atoms. The molecule has 1 aromatic carbocycles. The van der Waals surface area contributed by atoms with E-state index in [4.69, 9.17) is 0 Å². The lowest BCUT2D eigenvalue weighted by Crippen LogP contribution is -2.17. The van der Waals surface area contributed by atoms with Crippen molar-refractivity contribution in [2.45, 2.75) is 19.7 Å². The van der Waals surface area contributed by atoms with E-state index in [1.54, 1.807) is 0 Å². The fourth-order valence-electron chi connectivity index (χ4n) is 1.36. The maximum atomic E-state index is 13.2. The first-order valence-corrected chi connectivity index (χ1v) is 5.69. The van der Waals surface area contributed by atoms with Crippen LogP contribution in [-0.4, -0.2) is 18.9 Å². The fourth-order valence-corrected chi connectivity index (χ4v) is 1.36. The third-order valence-corrected chi connectivity index (χ3v) is 2.12. The largest absolute Gasteiger partial charge is 0.573 e. The summed E-state index contributed by atoms with van der Waals surface area (Å²) < 4.78 is 57.4. The Kier molecular flexibility index (Phi) is 5.54. The van der Waals surface area contributed by atoms with Gasteiger partial charge in [0.2, 0.25) is 5.83 Å². The van der Waals surface area contributed by atoms with Crippen molar-refractivity contribution in [1.82, 2.24) is 0 Å². The van der Waals surface area contributed by atoms with E-state index in [0.717, 1.165) is 18.2 Å². The Morgan fingerprint density at radius 2 is 2.05 bits per heavy atom. The Hall–Kier alpha value is -2.05. The Balaban J connectivity index is 2.71. The molecule has 1 aromatic rings. The lowest BCUT2D eigenvalue weighted by molar-refractivity contribution is -0.274. The Morgan fingerprint density at radius 3 is 2.65 bits per heavy atom. The summed E-state index contributed by atoms with van der Waals surface area (Å²) in [7, 11) is 0. The molecule has 0 saturated carbocycles. The second-order valence-corrected chi connectivity index (χ2v) is 3.67. The molecular formula is C13H12F4O3. The molecule has 0 aliphatic carbocycles. The van der Waals surface area contributed by atoms with E-state index >= 15 is 0 Å². The Bertz CT molecular complexity index is 495. The molecule has 110 valence electrons. The number of carbonyl (C=O) groups is 1. The molecule has 0 amide bonds. The Labute approximate surface area is 112 Å². The SMILES string of the molecule is CCOC(=O)/C(F)=C\Cc1cccc(OC(F)(F)F)c1. The molecule has 0 atom stereocenters. The van der Waals surface area contributed by atoms with Gasteiger partial charge < -0.3 is 9.47 Å². The maximum absolute atomic E-state index is 13.2. The molecule has 0 spiro atoms. The third-order valence-electron chi connectivity index (χ3n) is 2.12. The highest BCUT2D eigenvalue weighted by Gasteiger charge is 2.31. The second kappa shape index (κ2) is 6.93. The minimum Gasteiger partial charge on any atom is -0.461 e. The van der Waals surface area contributed by atoms with Gasteiger partial charge in [-0.1, -0.05) is 12.1 Å². The number of benzene rings is 1. The van der Waals surface area contributed by atoms with Crippen LogP contribution in [-0.2, 0) is 16.0 Å². The number of allylic oxidation sites excluding steroid dienone is 1. The molecule has 7 heteroatoms. The van der Waals surface area contributed by atoms with E-state index < -0.39 is 23.9 Å². The van der Waals surface area contributed by atoms with Gasteiger partial charge >= 0.3 is 12.3 Å². The third kappa shape index (κ3) is 5.73. The smallest absolute Gasteiger partial charge is 0.461 e. The van der Waals surface area contributed by atoms with Gasteiger partial charge in [0.1, 0.15) is 5.75 Å². The number of hydrogen-bond donors (Lipinski definition) is 0. The predicted molar refractivity (Wildman–Crippen MR) is 62.7 cm³/mol. The molecule has 0 heterocycles. The van der Waals surface area contributed by atoms with Crippen LogP contribution in [0.25, 0.3) is 0 Å². The van der Waals surface area contributed by atoms with Crippen molar-refractivity contribution in [3.63, 3.8) is 0 Å². The van der Waals surface area contributed by atoms with E-state index in [-0.39, 0.29) is 13.0 Å². The molecular weight excluding hydrogens is 280 g/mol. The van der Waals surface area contributed by atoms with Gasteiger partial charge in [-0.3, -0.25) is 0 Å². The van der Waals surface area contributed by atoms with Crippen molar-refractivity contribution in [2.75, 3.05) is 6.61 Å². The number of hydrogen-bond acceptors (Lipinski definition) is 3. The van der Waals surface area contributed by atoms with Gasteiger partial charge in [-0.15, -0.1) is 13.2 Å². The van der Waals surface area contributed by atoms with Crippen molar-refractivity contribution >= 4 is 5.97 Å². The lowest BCUT2D eigenvalue weighted by Gasteiger charge is -2.09. The highest BCUT2D eigenvalue weighted by atomic mass is 19.4. The highest BCUT2D eigenvalue weighted by molar-refractivity contribution is 5.85. The first kappa shape index (κ1) is 16.0. The molecule has 0 aromatic heterocycles. The van der Waals surface area contributed by atoms with E-state index in [1.807, 2.05) is 0 Å². The first-order chi connectivity index (χ1) is 9.31. The number of esters is 1. The zero-order valence-corrected chi connectivity index (χ0v) is 10.5. The summed E-state index contributed by atoms with van der Waals surface area (Å²) in [5, 5.41) is 0. The molecule has 0 radical (unpaired) electrons. The minimum absolute atomic E-state index is 0.0367. The number of rotatable bonds is 5. The van der Waals surface area contributed by atoms with Crippen LogP contribution in [0.2, 0.25) is 0 Å². The zero-order valence-electron chi connectivity index (χ0n) is 10.5. The summed E-state index contributed by atoms with van der Waals surface area (Å²) in [5.41, 5.74) is 0.367. The van der Waals surface area contributed by atoms with Gasteiger partial charge in [0.25, 0.3) is 0 Å². The number of alkyl halides is 3. The zero-order chi connectivity index (χ0) is 15.2. The van der Waals surface area contributed by atoms with Gasteiger partial charge in [0, 0.05) is 0 Å². The summed E-state index contributed by atoms with van der Waals surface area (Å²) >= 11 is 0. The van der Waals surface area contributed by atoms with E-state index in [2.05, 4.69) is 9.47 Å². The topological polar surface area (TPSA) is 35.5 Å². The normalized spacial score (nSPS) is 12.2. The van der Waals surface area contributed by atoms with Crippen LogP contribution in [0, 0.1) is 0 Å². The van der Waals surface area contributed by atoms with Crippen molar-refractivity contribution in [3.05, 3.63) is 41.7 Å². The maximum Gasteiger partial charge on any atom is 0.573 e. The molecule has 0 aliphatic rings. The Morgan fingerprint density at radius 1 is 1.35 bits per heavy atom. The molecule has 0 aliphatic heterocycles. The molecule has 0 N–H and O–H groups in total. The van der Waals surface area contributed by atoms with E-state index in [0.29, 0.717) is 5.56 Å². The van der Waals surface area contributed by atoms with Crippen molar-refractivity contribution in [2.24, 2.45) is 0 Å². The monoisotopic (exact) mass is 292 g/mol. The van der Waals surface area contributed by atoms with E-state index in [1.165, 1.54) is 19.1 Å². The van der Waals surface area contributed by atoms with Gasteiger partial charge in [-0.05, 0) is 37.1 Å². The van der Waals surface area contributed by atoms with Gasteiger partial charge in [-0.2, -0.15) is 4.39 Å². The standard InChI is InChI=1S/C13H12F4O3/c1-2-19-12(18)11(14)7-6-9-4-3-5-10(8-9)20-13(15,16)17/h3-5,7-8H,2,6H2,1H3/b11-7+. The summed E-state index contributed by atoms with van der Waals surface area (Å²) in [6, 6.07) is 5.06. The predicted octanol–water partition coefficient (Wildman–Crippen LogP) is 3.54. The van der Waals surface area contributed by atoms with Crippen LogP contribution < -0.4 is 4.74 Å². The van der Waals surface area contributed by atoms with Crippen LogP contribution in [0.15, 0.2) is 36.2 Å². The molecule has 20 heavy (non-hydrogen) atoms. The highest BCUT2D eigenvalue weighted by Crippen LogP contribution is 2.23. The van der Waals surface area contributed by atoms with Crippen molar-refractivity contribution in [1.29, 1.82) is 0 Å². The molecule has 0 saturated heterocycles. The summed E-state index contributed by atoms with van der Waals surface area (Å²) in [6.07, 6.45) is -3.91. The van der Waals surface area contributed by atoms with Gasteiger partial charge in [0.05, 0.1) is 6.61 Å². The molecule has 0 fully saturated rings.